The van der Waals surface area contributed by atoms with Crippen molar-refractivity contribution in [2.24, 2.45) is 4.99 Å². The highest BCUT2D eigenvalue weighted by molar-refractivity contribution is 9.10. The van der Waals surface area contributed by atoms with Crippen molar-refractivity contribution in [2.75, 3.05) is 20.8 Å². The maximum absolute atomic E-state index is 11.4. The van der Waals surface area contributed by atoms with E-state index in [1.165, 1.54) is 14.2 Å². The van der Waals surface area contributed by atoms with Gasteiger partial charge in [0.2, 0.25) is 0 Å². The molecule has 0 spiro atoms. The van der Waals surface area contributed by atoms with E-state index in [4.69, 9.17) is 4.74 Å². The Kier molecular flexibility index (Phi) is 3.08. The van der Waals surface area contributed by atoms with E-state index in [1.54, 1.807) is 12.3 Å². The van der Waals surface area contributed by atoms with Crippen molar-refractivity contribution in [1.29, 1.82) is 0 Å². The maximum Gasteiger partial charge on any atom is 0.332 e. The van der Waals surface area contributed by atoms with Gasteiger partial charge >= 0.3 is 5.97 Å². The van der Waals surface area contributed by atoms with Crippen molar-refractivity contribution < 1.29 is 14.3 Å². The van der Waals surface area contributed by atoms with Crippen LogP contribution in [0.5, 0.6) is 0 Å². The minimum absolute atomic E-state index is 0.291. The molecule has 1 rings (SSSR count). The van der Waals surface area contributed by atoms with Crippen LogP contribution in [0.15, 0.2) is 16.8 Å². The monoisotopic (exact) mass is 247 g/mol. The molecule has 0 radical (unpaired) electrons. The Morgan fingerprint density at radius 3 is 2.92 bits per heavy atom. The molecule has 0 aromatic rings. The first-order valence-corrected chi connectivity index (χ1v) is 4.46. The van der Waals surface area contributed by atoms with Gasteiger partial charge in [-0.25, -0.2) is 4.79 Å². The number of allylic oxidation sites excluding steroid dienone is 1. The Balaban J connectivity index is 2.95. The molecule has 0 fully saturated rings. The number of rotatable bonds is 2. The molecular formula is C8H10BrNO3. The van der Waals surface area contributed by atoms with Gasteiger partial charge in [0.05, 0.1) is 20.8 Å². The zero-order valence-electron chi connectivity index (χ0n) is 7.41. The van der Waals surface area contributed by atoms with Crippen molar-refractivity contribution in [3.05, 3.63) is 11.8 Å². The molecule has 0 unspecified atom stereocenters. The second-order valence-electron chi connectivity index (χ2n) is 2.52. The van der Waals surface area contributed by atoms with Crippen LogP contribution in [0, 0.1) is 0 Å². The third kappa shape index (κ3) is 1.75. The molecule has 0 bridgehead atoms. The minimum Gasteiger partial charge on any atom is -0.499 e. The van der Waals surface area contributed by atoms with E-state index in [2.05, 4.69) is 25.7 Å². The average Bonchev–Trinajstić information content (AvgIpc) is 2.17. The Morgan fingerprint density at radius 1 is 1.69 bits per heavy atom. The highest BCUT2D eigenvalue weighted by atomic mass is 79.9. The number of aliphatic imine (C=N–C) groups is 1. The zero-order chi connectivity index (χ0) is 9.90. The summed E-state index contributed by atoms with van der Waals surface area (Å²) in [5, 5.41) is 0. The SMILES string of the molecule is COC(=O)[C@]1(Br)CN=CC=C1OC. The number of esters is 1. The highest BCUT2D eigenvalue weighted by Crippen LogP contribution is 2.31. The molecule has 1 heterocycles. The van der Waals surface area contributed by atoms with Gasteiger partial charge in [0.1, 0.15) is 5.76 Å². The molecule has 0 saturated carbocycles. The summed E-state index contributed by atoms with van der Waals surface area (Å²) in [7, 11) is 2.83. The Bertz CT molecular complexity index is 275. The summed E-state index contributed by atoms with van der Waals surface area (Å²) < 4.78 is 8.74. The van der Waals surface area contributed by atoms with E-state index in [9.17, 15) is 4.79 Å². The molecule has 0 saturated heterocycles. The number of carbonyl (C=O) groups is 1. The number of carbonyl (C=O) groups excluding carboxylic acids is 1. The summed E-state index contributed by atoms with van der Waals surface area (Å²) in [6, 6.07) is 0. The van der Waals surface area contributed by atoms with Crippen LogP contribution in [0.3, 0.4) is 0 Å². The van der Waals surface area contributed by atoms with E-state index in [0.717, 1.165) is 0 Å². The van der Waals surface area contributed by atoms with Gasteiger partial charge in [0.15, 0.2) is 4.32 Å². The van der Waals surface area contributed by atoms with Crippen LogP contribution in [-0.4, -0.2) is 37.3 Å². The molecule has 1 aliphatic heterocycles. The molecule has 1 aliphatic rings. The molecule has 0 aromatic heterocycles. The van der Waals surface area contributed by atoms with Crippen LogP contribution < -0.4 is 0 Å². The van der Waals surface area contributed by atoms with Crippen molar-refractivity contribution in [3.8, 4) is 0 Å². The molecule has 4 nitrogen and oxygen atoms in total. The molecule has 0 amide bonds. The largest absolute Gasteiger partial charge is 0.499 e. The highest BCUT2D eigenvalue weighted by Gasteiger charge is 2.43. The number of dihydropyridines is 1. The lowest BCUT2D eigenvalue weighted by atomic mass is 10.1. The molecule has 13 heavy (non-hydrogen) atoms. The average molecular weight is 248 g/mol. The summed E-state index contributed by atoms with van der Waals surface area (Å²) in [6.45, 7) is 0.291. The van der Waals surface area contributed by atoms with Crippen molar-refractivity contribution in [2.45, 2.75) is 4.32 Å². The smallest absolute Gasteiger partial charge is 0.332 e. The third-order valence-corrected chi connectivity index (χ3v) is 2.73. The Labute approximate surface area is 84.7 Å². The van der Waals surface area contributed by atoms with Gasteiger partial charge in [-0.2, -0.15) is 0 Å². The number of hydrogen-bond acceptors (Lipinski definition) is 4. The lowest BCUT2D eigenvalue weighted by molar-refractivity contribution is -0.142. The van der Waals surface area contributed by atoms with Gasteiger partial charge in [0, 0.05) is 6.21 Å². The summed E-state index contributed by atoms with van der Waals surface area (Å²) in [4.78, 5) is 15.4. The van der Waals surface area contributed by atoms with Crippen molar-refractivity contribution in [3.63, 3.8) is 0 Å². The molecule has 0 aromatic carbocycles. The van der Waals surface area contributed by atoms with Gasteiger partial charge in [-0.15, -0.1) is 0 Å². The van der Waals surface area contributed by atoms with Crippen LogP contribution in [0.4, 0.5) is 0 Å². The molecular weight excluding hydrogens is 238 g/mol. The van der Waals surface area contributed by atoms with Crippen LogP contribution >= 0.6 is 15.9 Å². The standard InChI is InChI=1S/C8H10BrNO3/c1-12-6-3-4-10-5-8(6,9)7(11)13-2/h3-4H,5H2,1-2H3/t8-/m0/s1. The van der Waals surface area contributed by atoms with Crippen molar-refractivity contribution >= 4 is 28.1 Å². The van der Waals surface area contributed by atoms with E-state index in [1.807, 2.05) is 0 Å². The van der Waals surface area contributed by atoms with Gasteiger partial charge in [-0.05, 0) is 6.08 Å². The summed E-state index contributed by atoms with van der Waals surface area (Å²) in [5.74, 6) is 0.104. The molecule has 5 heteroatoms. The number of hydrogen-bond donors (Lipinski definition) is 0. The van der Waals surface area contributed by atoms with Crippen LogP contribution in [0.2, 0.25) is 0 Å². The van der Waals surface area contributed by atoms with Crippen LogP contribution in [-0.2, 0) is 14.3 Å². The third-order valence-electron chi connectivity index (χ3n) is 1.76. The fourth-order valence-corrected chi connectivity index (χ4v) is 1.67. The maximum atomic E-state index is 11.4. The second-order valence-corrected chi connectivity index (χ2v) is 3.87. The van der Waals surface area contributed by atoms with Crippen molar-refractivity contribution in [1.82, 2.24) is 0 Å². The molecule has 0 N–H and O–H groups in total. The summed E-state index contributed by atoms with van der Waals surface area (Å²) in [5.41, 5.74) is 0. The van der Waals surface area contributed by atoms with Crippen LogP contribution in [0.25, 0.3) is 0 Å². The van der Waals surface area contributed by atoms with E-state index in [0.29, 0.717) is 12.3 Å². The van der Waals surface area contributed by atoms with E-state index < -0.39 is 10.3 Å². The van der Waals surface area contributed by atoms with Gasteiger partial charge in [-0.1, -0.05) is 15.9 Å². The fraction of sp³-hybridized carbons (Fsp3) is 0.500. The first-order chi connectivity index (χ1) is 6.15. The topological polar surface area (TPSA) is 47.9 Å². The minimum atomic E-state index is -0.953. The summed E-state index contributed by atoms with van der Waals surface area (Å²) in [6.07, 6.45) is 3.23. The number of ether oxygens (including phenoxy) is 2. The number of halogens is 1. The number of nitrogens with zero attached hydrogens (tertiary/aromatic N) is 1. The first-order valence-electron chi connectivity index (χ1n) is 3.67. The Hall–Kier alpha value is -0.840. The van der Waals surface area contributed by atoms with Gasteiger partial charge in [0.25, 0.3) is 0 Å². The molecule has 72 valence electrons. The van der Waals surface area contributed by atoms with Crippen LogP contribution in [0.1, 0.15) is 0 Å². The fourth-order valence-electron chi connectivity index (χ4n) is 1.07. The number of alkyl halides is 1. The Morgan fingerprint density at radius 2 is 2.38 bits per heavy atom. The first kappa shape index (κ1) is 10.2. The lowest BCUT2D eigenvalue weighted by Gasteiger charge is -2.26. The second kappa shape index (κ2) is 3.91. The van der Waals surface area contributed by atoms with E-state index >= 15 is 0 Å². The predicted octanol–water partition coefficient (Wildman–Crippen LogP) is 0.908. The van der Waals surface area contributed by atoms with E-state index in [-0.39, 0.29) is 0 Å². The predicted molar refractivity (Wildman–Crippen MR) is 52.1 cm³/mol. The van der Waals surface area contributed by atoms with Gasteiger partial charge < -0.3 is 9.47 Å². The van der Waals surface area contributed by atoms with Gasteiger partial charge in [-0.3, -0.25) is 4.99 Å². The number of methoxy groups -OCH3 is 2. The normalized spacial score (nSPS) is 26.5. The summed E-state index contributed by atoms with van der Waals surface area (Å²) >= 11 is 3.27. The lowest BCUT2D eigenvalue weighted by Crippen LogP contribution is -2.40. The molecule has 0 aliphatic carbocycles. The molecule has 1 atom stereocenters. The zero-order valence-corrected chi connectivity index (χ0v) is 9.00. The quantitative estimate of drug-likeness (QED) is 0.539.